The van der Waals surface area contributed by atoms with Crippen LogP contribution in [0, 0.1) is 5.92 Å². The second-order valence-electron chi connectivity index (χ2n) is 4.73. The molecule has 2 rings (SSSR count). The number of benzene rings is 1. The monoisotopic (exact) mass is 263 g/mol. The van der Waals surface area contributed by atoms with E-state index in [-0.39, 0.29) is 17.8 Å². The van der Waals surface area contributed by atoms with Gasteiger partial charge in [0.25, 0.3) is 0 Å². The molecule has 104 valence electrons. The van der Waals surface area contributed by atoms with Crippen molar-refractivity contribution in [1.82, 2.24) is 5.32 Å². The number of rotatable bonds is 4. The van der Waals surface area contributed by atoms with Crippen LogP contribution in [0.2, 0.25) is 0 Å². The molecule has 4 nitrogen and oxygen atoms in total. The average molecular weight is 263 g/mol. The Morgan fingerprint density at radius 3 is 3.05 bits per heavy atom. The first-order valence-corrected chi connectivity index (χ1v) is 6.77. The second kappa shape index (κ2) is 6.57. The summed E-state index contributed by atoms with van der Waals surface area (Å²) in [5.74, 6) is 0.832. The fraction of sp³-hybridized carbons (Fsp3) is 0.533. The van der Waals surface area contributed by atoms with Gasteiger partial charge in [0.05, 0.1) is 19.6 Å². The van der Waals surface area contributed by atoms with Crippen LogP contribution in [-0.4, -0.2) is 32.8 Å². The van der Waals surface area contributed by atoms with Crippen LogP contribution in [0.25, 0.3) is 0 Å². The minimum absolute atomic E-state index is 0.0618. The van der Waals surface area contributed by atoms with E-state index in [1.165, 1.54) is 0 Å². The highest BCUT2D eigenvalue weighted by Crippen LogP contribution is 2.32. The first-order valence-electron chi connectivity index (χ1n) is 6.77. The minimum atomic E-state index is -0.0863. The lowest BCUT2D eigenvalue weighted by Crippen LogP contribution is -2.39. The SMILES string of the molecule is CCOC(=O)C1CCNCC1c1cccc(OC)c1. The third-order valence-electron chi connectivity index (χ3n) is 3.59. The van der Waals surface area contributed by atoms with Gasteiger partial charge in [0.2, 0.25) is 0 Å². The van der Waals surface area contributed by atoms with Crippen LogP contribution >= 0.6 is 0 Å². The van der Waals surface area contributed by atoms with Crippen LogP contribution in [0.1, 0.15) is 24.8 Å². The van der Waals surface area contributed by atoms with Crippen LogP contribution < -0.4 is 10.1 Å². The summed E-state index contributed by atoms with van der Waals surface area (Å²) in [5.41, 5.74) is 1.13. The Hall–Kier alpha value is -1.55. The molecule has 0 aromatic heterocycles. The van der Waals surface area contributed by atoms with E-state index >= 15 is 0 Å². The molecule has 1 heterocycles. The van der Waals surface area contributed by atoms with E-state index < -0.39 is 0 Å². The molecule has 2 atom stereocenters. The molecule has 1 fully saturated rings. The number of carbonyl (C=O) groups excluding carboxylic acids is 1. The van der Waals surface area contributed by atoms with E-state index in [1.807, 2.05) is 31.2 Å². The zero-order valence-corrected chi connectivity index (χ0v) is 11.5. The topological polar surface area (TPSA) is 47.6 Å². The highest BCUT2D eigenvalue weighted by molar-refractivity contribution is 5.74. The Kier molecular flexibility index (Phi) is 4.80. The maximum absolute atomic E-state index is 12.1. The third-order valence-corrected chi connectivity index (χ3v) is 3.59. The molecule has 1 aromatic carbocycles. The highest BCUT2D eigenvalue weighted by Gasteiger charge is 2.33. The Morgan fingerprint density at radius 1 is 1.47 bits per heavy atom. The second-order valence-corrected chi connectivity index (χ2v) is 4.73. The molecule has 1 saturated heterocycles. The van der Waals surface area contributed by atoms with Crippen molar-refractivity contribution in [2.24, 2.45) is 5.92 Å². The predicted molar refractivity (Wildman–Crippen MR) is 73.3 cm³/mol. The van der Waals surface area contributed by atoms with Crippen molar-refractivity contribution >= 4 is 5.97 Å². The average Bonchev–Trinajstić information content (AvgIpc) is 2.47. The largest absolute Gasteiger partial charge is 0.497 e. The smallest absolute Gasteiger partial charge is 0.309 e. The predicted octanol–water partition coefficient (Wildman–Crippen LogP) is 1.95. The molecule has 4 heteroatoms. The van der Waals surface area contributed by atoms with Crippen molar-refractivity contribution in [3.05, 3.63) is 29.8 Å². The lowest BCUT2D eigenvalue weighted by Gasteiger charge is -2.31. The van der Waals surface area contributed by atoms with E-state index in [0.29, 0.717) is 6.61 Å². The van der Waals surface area contributed by atoms with Crippen LogP contribution in [0.5, 0.6) is 5.75 Å². The molecule has 0 amide bonds. The minimum Gasteiger partial charge on any atom is -0.497 e. The molecule has 0 radical (unpaired) electrons. The van der Waals surface area contributed by atoms with E-state index in [4.69, 9.17) is 9.47 Å². The van der Waals surface area contributed by atoms with Crippen molar-refractivity contribution in [2.45, 2.75) is 19.3 Å². The molecule has 2 unspecified atom stereocenters. The summed E-state index contributed by atoms with van der Waals surface area (Å²) in [6.45, 7) is 3.95. The van der Waals surface area contributed by atoms with E-state index in [1.54, 1.807) is 7.11 Å². The van der Waals surface area contributed by atoms with Crippen molar-refractivity contribution in [1.29, 1.82) is 0 Å². The lowest BCUT2D eigenvalue weighted by molar-refractivity contribution is -0.149. The van der Waals surface area contributed by atoms with Gasteiger partial charge in [-0.05, 0) is 37.6 Å². The van der Waals surface area contributed by atoms with Crippen LogP contribution in [-0.2, 0) is 9.53 Å². The molecular weight excluding hydrogens is 242 g/mol. The van der Waals surface area contributed by atoms with Crippen LogP contribution in [0.4, 0.5) is 0 Å². The van der Waals surface area contributed by atoms with Gasteiger partial charge in [-0.25, -0.2) is 0 Å². The fourth-order valence-corrected chi connectivity index (χ4v) is 2.61. The van der Waals surface area contributed by atoms with E-state index in [9.17, 15) is 4.79 Å². The molecule has 0 spiro atoms. The molecule has 1 aliphatic rings. The summed E-state index contributed by atoms with van der Waals surface area (Å²) in [6.07, 6.45) is 0.820. The van der Waals surface area contributed by atoms with Crippen LogP contribution in [0.3, 0.4) is 0 Å². The first-order chi connectivity index (χ1) is 9.26. The van der Waals surface area contributed by atoms with Gasteiger partial charge in [0, 0.05) is 12.5 Å². The number of hydrogen-bond donors (Lipinski definition) is 1. The Balaban J connectivity index is 2.20. The molecule has 1 aromatic rings. The summed E-state index contributed by atoms with van der Waals surface area (Å²) >= 11 is 0. The van der Waals surface area contributed by atoms with Gasteiger partial charge >= 0.3 is 5.97 Å². The van der Waals surface area contributed by atoms with Crippen LogP contribution in [0.15, 0.2) is 24.3 Å². The highest BCUT2D eigenvalue weighted by atomic mass is 16.5. The normalized spacial score (nSPS) is 22.8. The van der Waals surface area contributed by atoms with Gasteiger partial charge in [0.1, 0.15) is 5.75 Å². The zero-order valence-electron chi connectivity index (χ0n) is 11.5. The molecule has 0 saturated carbocycles. The Bertz CT molecular complexity index is 433. The van der Waals surface area contributed by atoms with Gasteiger partial charge in [-0.1, -0.05) is 12.1 Å². The Labute approximate surface area is 114 Å². The number of hydrogen-bond acceptors (Lipinski definition) is 4. The van der Waals surface area contributed by atoms with E-state index in [2.05, 4.69) is 5.32 Å². The van der Waals surface area contributed by atoms with Crippen molar-refractivity contribution in [3.8, 4) is 5.75 Å². The standard InChI is InChI=1S/C15H21NO3/c1-3-19-15(17)13-7-8-16-10-14(13)11-5-4-6-12(9-11)18-2/h4-6,9,13-14,16H,3,7-8,10H2,1-2H3. The maximum atomic E-state index is 12.1. The van der Waals surface area contributed by atoms with Crippen molar-refractivity contribution in [3.63, 3.8) is 0 Å². The summed E-state index contributed by atoms with van der Waals surface area (Å²) in [4.78, 5) is 12.1. The van der Waals surface area contributed by atoms with Gasteiger partial charge in [-0.3, -0.25) is 4.79 Å². The summed E-state index contributed by atoms with van der Waals surface area (Å²) in [7, 11) is 1.65. The summed E-state index contributed by atoms with van der Waals surface area (Å²) < 4.78 is 10.4. The van der Waals surface area contributed by atoms with E-state index in [0.717, 1.165) is 30.8 Å². The molecule has 1 N–H and O–H groups in total. The van der Waals surface area contributed by atoms with Crippen molar-refractivity contribution < 1.29 is 14.3 Å². The summed E-state index contributed by atoms with van der Waals surface area (Å²) in [5, 5.41) is 3.35. The zero-order chi connectivity index (χ0) is 13.7. The number of esters is 1. The van der Waals surface area contributed by atoms with Gasteiger partial charge in [-0.2, -0.15) is 0 Å². The summed E-state index contributed by atoms with van der Waals surface area (Å²) in [6, 6.07) is 7.93. The number of ether oxygens (including phenoxy) is 2. The maximum Gasteiger partial charge on any atom is 0.309 e. The number of piperidine rings is 1. The molecular formula is C15H21NO3. The fourth-order valence-electron chi connectivity index (χ4n) is 2.61. The van der Waals surface area contributed by atoms with Gasteiger partial charge in [-0.15, -0.1) is 0 Å². The number of carbonyl (C=O) groups is 1. The first kappa shape index (κ1) is 13.9. The van der Waals surface area contributed by atoms with Crippen molar-refractivity contribution in [2.75, 3.05) is 26.8 Å². The number of methoxy groups -OCH3 is 1. The molecule has 0 aliphatic carbocycles. The lowest BCUT2D eigenvalue weighted by atomic mass is 9.81. The Morgan fingerprint density at radius 2 is 2.32 bits per heavy atom. The number of nitrogens with one attached hydrogen (secondary N) is 1. The molecule has 0 bridgehead atoms. The molecule has 19 heavy (non-hydrogen) atoms. The quantitative estimate of drug-likeness (QED) is 0.844. The third kappa shape index (κ3) is 3.26. The van der Waals surface area contributed by atoms with Gasteiger partial charge < -0.3 is 14.8 Å². The van der Waals surface area contributed by atoms with Gasteiger partial charge in [0.15, 0.2) is 0 Å². The molecule has 1 aliphatic heterocycles.